The molecule has 0 bridgehead atoms. The number of amides is 2. The molecule has 8 heteroatoms. The number of rotatable bonds is 5. The largest absolute Gasteiger partial charge is 0.463 e. The Hall–Kier alpha value is -3.68. The summed E-state index contributed by atoms with van der Waals surface area (Å²) in [6.07, 6.45) is 3.10. The zero-order chi connectivity index (χ0) is 20.9. The number of aromatic nitrogens is 2. The Morgan fingerprint density at radius 2 is 1.67 bits per heavy atom. The van der Waals surface area contributed by atoms with Crippen LogP contribution in [0.3, 0.4) is 0 Å². The van der Waals surface area contributed by atoms with Crippen LogP contribution in [-0.2, 0) is 9.59 Å². The summed E-state index contributed by atoms with van der Waals surface area (Å²) >= 11 is 0. The summed E-state index contributed by atoms with van der Waals surface area (Å²) in [5, 5.41) is 14.2. The topological polar surface area (TPSA) is 100 Å². The van der Waals surface area contributed by atoms with Crippen LogP contribution >= 0.6 is 0 Å². The molecule has 0 atom stereocenters. The van der Waals surface area contributed by atoms with Gasteiger partial charge in [0.05, 0.1) is 6.26 Å². The van der Waals surface area contributed by atoms with Crippen LogP contribution < -0.4 is 15.5 Å². The van der Waals surface area contributed by atoms with E-state index < -0.39 is 0 Å². The predicted molar refractivity (Wildman–Crippen MR) is 114 cm³/mol. The van der Waals surface area contributed by atoms with Gasteiger partial charge in [-0.2, -0.15) is 0 Å². The standard InChI is InChI=1S/C22H23N5O3/c1-15(28)23-17-4-6-18(7-5-17)24-22(29)16-10-12-27(13-11-16)21-9-8-19(25-26-21)20-3-2-14-30-20/h2-9,14,16H,10-13H2,1H3,(H,23,28)(H,24,29). The van der Waals surface area contributed by atoms with E-state index in [0.29, 0.717) is 17.1 Å². The summed E-state index contributed by atoms with van der Waals surface area (Å²) in [4.78, 5) is 25.8. The molecule has 1 aromatic carbocycles. The third-order valence-corrected chi connectivity index (χ3v) is 5.09. The number of anilines is 3. The van der Waals surface area contributed by atoms with Crippen molar-refractivity contribution in [2.75, 3.05) is 28.6 Å². The smallest absolute Gasteiger partial charge is 0.227 e. The van der Waals surface area contributed by atoms with E-state index in [1.54, 1.807) is 30.5 Å². The van der Waals surface area contributed by atoms with Crippen LogP contribution in [0.5, 0.6) is 0 Å². The second-order valence-corrected chi connectivity index (χ2v) is 7.26. The fraction of sp³-hybridized carbons (Fsp3) is 0.273. The summed E-state index contributed by atoms with van der Waals surface area (Å²) < 4.78 is 5.34. The number of carbonyl (C=O) groups excluding carboxylic acids is 2. The monoisotopic (exact) mass is 405 g/mol. The minimum absolute atomic E-state index is 0.0150. The lowest BCUT2D eigenvalue weighted by atomic mass is 9.96. The maximum Gasteiger partial charge on any atom is 0.227 e. The molecular weight excluding hydrogens is 382 g/mol. The van der Waals surface area contributed by atoms with E-state index in [-0.39, 0.29) is 17.7 Å². The number of hydrogen-bond acceptors (Lipinski definition) is 6. The average molecular weight is 405 g/mol. The summed E-state index contributed by atoms with van der Waals surface area (Å²) in [5.74, 6) is 1.33. The molecule has 3 aromatic rings. The van der Waals surface area contributed by atoms with Gasteiger partial charge in [-0.15, -0.1) is 10.2 Å². The maximum atomic E-state index is 12.6. The van der Waals surface area contributed by atoms with Gasteiger partial charge in [0.2, 0.25) is 11.8 Å². The Balaban J connectivity index is 1.29. The van der Waals surface area contributed by atoms with Gasteiger partial charge in [-0.05, 0) is 61.4 Å². The Morgan fingerprint density at radius 1 is 0.967 bits per heavy atom. The van der Waals surface area contributed by atoms with Crippen molar-refractivity contribution >= 4 is 29.0 Å². The summed E-state index contributed by atoms with van der Waals surface area (Å²) in [6, 6.07) is 14.6. The molecule has 0 spiro atoms. The zero-order valence-electron chi connectivity index (χ0n) is 16.7. The normalized spacial score (nSPS) is 14.4. The van der Waals surface area contributed by atoms with Crippen molar-refractivity contribution in [1.82, 2.24) is 10.2 Å². The molecule has 3 heterocycles. The van der Waals surface area contributed by atoms with Crippen LogP contribution in [0.4, 0.5) is 17.2 Å². The SMILES string of the molecule is CC(=O)Nc1ccc(NC(=O)C2CCN(c3ccc(-c4ccco4)nn3)CC2)cc1. The van der Waals surface area contributed by atoms with Crippen LogP contribution in [0.1, 0.15) is 19.8 Å². The molecule has 2 N–H and O–H groups in total. The Kier molecular flexibility index (Phi) is 5.74. The minimum Gasteiger partial charge on any atom is -0.463 e. The van der Waals surface area contributed by atoms with E-state index in [4.69, 9.17) is 4.42 Å². The molecule has 8 nitrogen and oxygen atoms in total. The van der Waals surface area contributed by atoms with E-state index in [1.165, 1.54) is 6.92 Å². The lowest BCUT2D eigenvalue weighted by molar-refractivity contribution is -0.120. The fourth-order valence-electron chi connectivity index (χ4n) is 3.50. The number of hydrogen-bond donors (Lipinski definition) is 2. The lowest BCUT2D eigenvalue weighted by Crippen LogP contribution is -2.38. The molecule has 2 aromatic heterocycles. The van der Waals surface area contributed by atoms with E-state index >= 15 is 0 Å². The van der Waals surface area contributed by atoms with Gasteiger partial charge in [0.15, 0.2) is 11.6 Å². The highest BCUT2D eigenvalue weighted by molar-refractivity contribution is 5.93. The zero-order valence-corrected chi connectivity index (χ0v) is 16.7. The quantitative estimate of drug-likeness (QED) is 0.673. The molecular formula is C22H23N5O3. The number of piperidine rings is 1. The summed E-state index contributed by atoms with van der Waals surface area (Å²) in [6.45, 7) is 2.95. The van der Waals surface area contributed by atoms with Gasteiger partial charge in [-0.25, -0.2) is 0 Å². The minimum atomic E-state index is -0.126. The number of nitrogens with one attached hydrogen (secondary N) is 2. The molecule has 1 saturated heterocycles. The van der Waals surface area contributed by atoms with Crippen LogP contribution in [0.25, 0.3) is 11.5 Å². The van der Waals surface area contributed by atoms with Gasteiger partial charge < -0.3 is 20.0 Å². The average Bonchev–Trinajstić information content (AvgIpc) is 3.30. The Labute approximate surface area is 174 Å². The van der Waals surface area contributed by atoms with Crippen molar-refractivity contribution in [1.29, 1.82) is 0 Å². The highest BCUT2D eigenvalue weighted by Crippen LogP contribution is 2.25. The van der Waals surface area contributed by atoms with Gasteiger partial charge in [0.25, 0.3) is 0 Å². The van der Waals surface area contributed by atoms with Crippen molar-refractivity contribution in [3.8, 4) is 11.5 Å². The van der Waals surface area contributed by atoms with Crippen molar-refractivity contribution in [2.24, 2.45) is 5.92 Å². The third kappa shape index (κ3) is 4.65. The number of carbonyl (C=O) groups is 2. The van der Waals surface area contributed by atoms with Crippen molar-refractivity contribution in [3.05, 3.63) is 54.8 Å². The number of furan rings is 1. The van der Waals surface area contributed by atoms with Gasteiger partial charge in [-0.3, -0.25) is 9.59 Å². The van der Waals surface area contributed by atoms with Gasteiger partial charge in [-0.1, -0.05) is 0 Å². The van der Waals surface area contributed by atoms with E-state index in [1.807, 2.05) is 24.3 Å². The fourth-order valence-corrected chi connectivity index (χ4v) is 3.50. The first-order chi connectivity index (χ1) is 14.6. The van der Waals surface area contributed by atoms with Crippen LogP contribution in [-0.4, -0.2) is 35.1 Å². The van der Waals surface area contributed by atoms with Crippen molar-refractivity contribution in [2.45, 2.75) is 19.8 Å². The molecule has 1 aliphatic rings. The van der Waals surface area contributed by atoms with Crippen molar-refractivity contribution in [3.63, 3.8) is 0 Å². The molecule has 4 rings (SSSR count). The third-order valence-electron chi connectivity index (χ3n) is 5.09. The predicted octanol–water partition coefficient (Wildman–Crippen LogP) is 3.55. The van der Waals surface area contributed by atoms with Crippen LogP contribution in [0.2, 0.25) is 0 Å². The molecule has 0 radical (unpaired) electrons. The lowest BCUT2D eigenvalue weighted by Gasteiger charge is -2.31. The Morgan fingerprint density at radius 3 is 2.23 bits per heavy atom. The number of nitrogens with zero attached hydrogens (tertiary/aromatic N) is 3. The maximum absolute atomic E-state index is 12.6. The first kappa shape index (κ1) is 19.6. The van der Waals surface area contributed by atoms with Crippen molar-refractivity contribution < 1.29 is 14.0 Å². The van der Waals surface area contributed by atoms with Crippen LogP contribution in [0.15, 0.2) is 59.2 Å². The van der Waals surface area contributed by atoms with Crippen LogP contribution in [0, 0.1) is 5.92 Å². The first-order valence-corrected chi connectivity index (χ1v) is 9.89. The second-order valence-electron chi connectivity index (χ2n) is 7.26. The Bertz CT molecular complexity index is 992. The highest BCUT2D eigenvalue weighted by Gasteiger charge is 2.26. The molecule has 2 amide bonds. The molecule has 0 aliphatic carbocycles. The highest BCUT2D eigenvalue weighted by atomic mass is 16.3. The van der Waals surface area contributed by atoms with Gasteiger partial charge in [0.1, 0.15) is 5.69 Å². The molecule has 1 fully saturated rings. The van der Waals surface area contributed by atoms with Gasteiger partial charge >= 0.3 is 0 Å². The number of benzene rings is 1. The van der Waals surface area contributed by atoms with E-state index in [2.05, 4.69) is 25.7 Å². The van der Waals surface area contributed by atoms with E-state index in [0.717, 1.165) is 37.4 Å². The molecule has 30 heavy (non-hydrogen) atoms. The molecule has 154 valence electrons. The second kappa shape index (κ2) is 8.77. The first-order valence-electron chi connectivity index (χ1n) is 9.89. The summed E-state index contributed by atoms with van der Waals surface area (Å²) in [5.41, 5.74) is 2.12. The summed E-state index contributed by atoms with van der Waals surface area (Å²) in [7, 11) is 0. The van der Waals surface area contributed by atoms with E-state index in [9.17, 15) is 9.59 Å². The molecule has 0 saturated carbocycles. The molecule has 1 aliphatic heterocycles. The van der Waals surface area contributed by atoms with Gasteiger partial charge in [0, 0.05) is 37.3 Å². The molecule has 0 unspecified atom stereocenters.